The average molecular weight is 402 g/mol. The van der Waals surface area contributed by atoms with Crippen molar-refractivity contribution in [2.45, 2.75) is 44.6 Å². The lowest BCUT2D eigenvalue weighted by Crippen LogP contribution is -2.18. The lowest BCUT2D eigenvalue weighted by molar-refractivity contribution is 0.102. The van der Waals surface area contributed by atoms with Gasteiger partial charge in [0.05, 0.1) is 23.7 Å². The van der Waals surface area contributed by atoms with Crippen molar-refractivity contribution in [3.8, 4) is 0 Å². The van der Waals surface area contributed by atoms with Gasteiger partial charge in [0.15, 0.2) is 5.82 Å². The van der Waals surface area contributed by atoms with E-state index in [0.29, 0.717) is 17.3 Å². The third-order valence-corrected chi connectivity index (χ3v) is 5.67. The predicted molar refractivity (Wildman–Crippen MR) is 119 cm³/mol. The molecular weight excluding hydrogens is 374 g/mol. The Morgan fingerprint density at radius 3 is 2.70 bits per heavy atom. The van der Waals surface area contributed by atoms with Gasteiger partial charge in [-0.25, -0.2) is 9.97 Å². The summed E-state index contributed by atoms with van der Waals surface area (Å²) in [6, 6.07) is 9.16. The molecule has 30 heavy (non-hydrogen) atoms. The van der Waals surface area contributed by atoms with Gasteiger partial charge in [-0.15, -0.1) is 0 Å². The molecule has 2 aliphatic rings. The van der Waals surface area contributed by atoms with Crippen LogP contribution in [0.15, 0.2) is 66.9 Å². The molecule has 0 radical (unpaired) electrons. The number of aliphatic hydroxyl groups is 1. The molecule has 0 saturated heterocycles. The van der Waals surface area contributed by atoms with E-state index in [4.69, 9.17) is 4.98 Å². The number of benzene rings is 1. The average Bonchev–Trinajstić information content (AvgIpc) is 3.01. The molecule has 5 nitrogen and oxygen atoms in total. The molecule has 0 bridgehead atoms. The SMILES string of the molecule is O=C(Nc1ncc(C2=CC=CC(O)C=C2)nc1CC1CCCCC1)c1ccccc1. The Labute approximate surface area is 177 Å². The second kappa shape index (κ2) is 9.63. The second-order valence-electron chi connectivity index (χ2n) is 7.94. The third-order valence-electron chi connectivity index (χ3n) is 5.67. The number of nitrogens with one attached hydrogen (secondary N) is 1. The maximum atomic E-state index is 12.7. The Hall–Kier alpha value is -3.05. The summed E-state index contributed by atoms with van der Waals surface area (Å²) in [5.74, 6) is 0.921. The van der Waals surface area contributed by atoms with E-state index in [-0.39, 0.29) is 5.91 Å². The second-order valence-corrected chi connectivity index (χ2v) is 7.94. The summed E-state index contributed by atoms with van der Waals surface area (Å²) in [6.45, 7) is 0. The smallest absolute Gasteiger partial charge is 0.256 e. The van der Waals surface area contributed by atoms with E-state index in [1.54, 1.807) is 30.5 Å². The zero-order valence-electron chi connectivity index (χ0n) is 17.0. The third kappa shape index (κ3) is 5.10. The van der Waals surface area contributed by atoms with Crippen molar-refractivity contribution in [2.24, 2.45) is 5.92 Å². The molecule has 2 N–H and O–H groups in total. The Bertz CT molecular complexity index is 973. The fraction of sp³-hybridized carbons (Fsp3) is 0.320. The molecule has 1 amide bonds. The Balaban J connectivity index is 1.62. The van der Waals surface area contributed by atoms with Gasteiger partial charge in [0.1, 0.15) is 0 Å². The minimum absolute atomic E-state index is 0.179. The molecule has 1 unspecified atom stereocenters. The first kappa shape index (κ1) is 20.2. The number of amides is 1. The van der Waals surface area contributed by atoms with Gasteiger partial charge < -0.3 is 10.4 Å². The number of rotatable bonds is 5. The highest BCUT2D eigenvalue weighted by atomic mass is 16.3. The Morgan fingerprint density at radius 1 is 1.10 bits per heavy atom. The lowest BCUT2D eigenvalue weighted by Gasteiger charge is -2.22. The molecule has 154 valence electrons. The van der Waals surface area contributed by atoms with Gasteiger partial charge in [-0.3, -0.25) is 4.79 Å². The highest BCUT2D eigenvalue weighted by Crippen LogP contribution is 2.29. The van der Waals surface area contributed by atoms with Crippen LogP contribution in [0.1, 0.15) is 53.8 Å². The van der Waals surface area contributed by atoms with Gasteiger partial charge in [-0.05, 0) is 24.5 Å². The molecular formula is C25H27N3O2. The minimum Gasteiger partial charge on any atom is -0.385 e. The zero-order valence-corrected chi connectivity index (χ0v) is 17.0. The van der Waals surface area contributed by atoms with Crippen LogP contribution in [0.25, 0.3) is 5.57 Å². The van der Waals surface area contributed by atoms with E-state index in [0.717, 1.165) is 23.4 Å². The van der Waals surface area contributed by atoms with Gasteiger partial charge >= 0.3 is 0 Å². The molecule has 0 spiro atoms. The van der Waals surface area contributed by atoms with E-state index in [1.165, 1.54) is 32.1 Å². The number of allylic oxidation sites excluding steroid dienone is 4. The summed E-state index contributed by atoms with van der Waals surface area (Å²) in [6.07, 6.45) is 17.1. The van der Waals surface area contributed by atoms with Crippen LogP contribution < -0.4 is 5.32 Å². The Morgan fingerprint density at radius 2 is 1.90 bits per heavy atom. The number of carbonyl (C=O) groups is 1. The molecule has 0 aliphatic heterocycles. The molecule has 1 fully saturated rings. The number of hydrogen-bond donors (Lipinski definition) is 2. The molecule has 5 heteroatoms. The van der Waals surface area contributed by atoms with Crippen LogP contribution in [0.4, 0.5) is 5.82 Å². The van der Waals surface area contributed by atoms with Crippen LogP contribution in [0.5, 0.6) is 0 Å². The fourth-order valence-electron chi connectivity index (χ4n) is 4.01. The van der Waals surface area contributed by atoms with Crippen molar-refractivity contribution in [3.05, 3.63) is 83.9 Å². The molecule has 1 aromatic carbocycles. The van der Waals surface area contributed by atoms with Crippen molar-refractivity contribution < 1.29 is 9.90 Å². The van der Waals surface area contributed by atoms with Crippen LogP contribution in [-0.4, -0.2) is 27.1 Å². The van der Waals surface area contributed by atoms with Crippen LogP contribution in [-0.2, 0) is 6.42 Å². The zero-order chi connectivity index (χ0) is 20.8. The molecule has 1 heterocycles. The molecule has 1 aromatic heterocycles. The van der Waals surface area contributed by atoms with Crippen molar-refractivity contribution in [1.29, 1.82) is 0 Å². The number of aliphatic hydroxyl groups excluding tert-OH is 1. The first-order valence-electron chi connectivity index (χ1n) is 10.7. The summed E-state index contributed by atoms with van der Waals surface area (Å²) >= 11 is 0. The van der Waals surface area contributed by atoms with Gasteiger partial charge in [-0.2, -0.15) is 0 Å². The maximum Gasteiger partial charge on any atom is 0.256 e. The number of hydrogen-bond acceptors (Lipinski definition) is 4. The van der Waals surface area contributed by atoms with Crippen molar-refractivity contribution in [1.82, 2.24) is 9.97 Å². The van der Waals surface area contributed by atoms with E-state index < -0.39 is 6.10 Å². The number of carbonyl (C=O) groups excluding carboxylic acids is 1. The molecule has 1 atom stereocenters. The summed E-state index contributed by atoms with van der Waals surface area (Å²) in [5.41, 5.74) is 3.06. The molecule has 1 saturated carbocycles. The first-order valence-corrected chi connectivity index (χ1v) is 10.7. The Kier molecular flexibility index (Phi) is 6.50. The standard InChI is InChI=1S/C25H27N3O2/c29-21-13-7-12-19(14-15-21)23-17-26-24(28-25(30)20-10-5-2-6-11-20)22(27-23)16-18-8-3-1-4-9-18/h2,5-7,10-15,17-18,21,29H,1,3-4,8-9,16H2,(H,26,28,30). The van der Waals surface area contributed by atoms with E-state index >= 15 is 0 Å². The van der Waals surface area contributed by atoms with E-state index in [9.17, 15) is 9.90 Å². The number of anilines is 1. The number of nitrogens with zero attached hydrogens (tertiary/aromatic N) is 2. The van der Waals surface area contributed by atoms with Gasteiger partial charge in [-0.1, -0.05) is 80.7 Å². The van der Waals surface area contributed by atoms with E-state index in [1.807, 2.05) is 36.4 Å². The fourth-order valence-corrected chi connectivity index (χ4v) is 4.01. The maximum absolute atomic E-state index is 12.7. The van der Waals surface area contributed by atoms with Crippen molar-refractivity contribution in [3.63, 3.8) is 0 Å². The molecule has 4 rings (SSSR count). The highest BCUT2D eigenvalue weighted by molar-refractivity contribution is 6.04. The van der Waals surface area contributed by atoms with Crippen LogP contribution in [0.2, 0.25) is 0 Å². The van der Waals surface area contributed by atoms with Crippen molar-refractivity contribution >= 4 is 17.3 Å². The molecule has 2 aromatic rings. The summed E-state index contributed by atoms with van der Waals surface area (Å²) in [4.78, 5) is 22.2. The summed E-state index contributed by atoms with van der Waals surface area (Å²) in [5, 5.41) is 12.7. The largest absolute Gasteiger partial charge is 0.385 e. The van der Waals surface area contributed by atoms with Crippen LogP contribution >= 0.6 is 0 Å². The van der Waals surface area contributed by atoms with Gasteiger partial charge in [0, 0.05) is 11.1 Å². The predicted octanol–water partition coefficient (Wildman–Crippen LogP) is 4.72. The van der Waals surface area contributed by atoms with Crippen LogP contribution in [0, 0.1) is 5.92 Å². The van der Waals surface area contributed by atoms with Crippen LogP contribution in [0.3, 0.4) is 0 Å². The normalized spacial score (nSPS) is 19.2. The van der Waals surface area contributed by atoms with Gasteiger partial charge in [0.2, 0.25) is 0 Å². The quantitative estimate of drug-likeness (QED) is 0.760. The first-order chi connectivity index (χ1) is 14.7. The van der Waals surface area contributed by atoms with Crippen molar-refractivity contribution in [2.75, 3.05) is 5.32 Å². The topological polar surface area (TPSA) is 75.1 Å². The minimum atomic E-state index is -0.599. The summed E-state index contributed by atoms with van der Waals surface area (Å²) in [7, 11) is 0. The van der Waals surface area contributed by atoms with Gasteiger partial charge in [0.25, 0.3) is 5.91 Å². The highest BCUT2D eigenvalue weighted by Gasteiger charge is 2.20. The molecule has 2 aliphatic carbocycles. The van der Waals surface area contributed by atoms with E-state index in [2.05, 4.69) is 10.3 Å². The monoisotopic (exact) mass is 401 g/mol. The lowest BCUT2D eigenvalue weighted by atomic mass is 9.86. The summed E-state index contributed by atoms with van der Waals surface area (Å²) < 4.78 is 0. The number of aromatic nitrogens is 2.